The summed E-state index contributed by atoms with van der Waals surface area (Å²) in [6.45, 7) is 0. The highest BCUT2D eigenvalue weighted by Crippen LogP contribution is 2.17. The molecule has 1 nitrogen and oxygen atoms in total. The zero-order valence-electron chi connectivity index (χ0n) is 8.02. The summed E-state index contributed by atoms with van der Waals surface area (Å²) in [5.41, 5.74) is 0. The third kappa shape index (κ3) is 5.09. The molecule has 13 heavy (non-hydrogen) atoms. The highest BCUT2D eigenvalue weighted by Gasteiger charge is 2.02. The zero-order valence-corrected chi connectivity index (χ0v) is 8.78. The van der Waals surface area contributed by atoms with E-state index in [0.29, 0.717) is 6.42 Å². The maximum atomic E-state index is 11.3. The fourth-order valence-corrected chi connectivity index (χ4v) is 1.87. The van der Waals surface area contributed by atoms with Crippen LogP contribution in [0, 0.1) is 0 Å². The Morgan fingerprint density at radius 2 is 1.46 bits per heavy atom. The Balaban J connectivity index is 2.43. The average Bonchev–Trinajstić information content (AvgIpc) is 2.11. The van der Waals surface area contributed by atoms with E-state index in [1.807, 2.05) is 0 Å². The first kappa shape index (κ1) is 10.8. The third-order valence-corrected chi connectivity index (χ3v) is 2.70. The molecule has 2 heteroatoms. The number of rotatable bonds is 0. The molecule has 74 valence electrons. The van der Waals surface area contributed by atoms with Crippen molar-refractivity contribution in [2.24, 2.45) is 0 Å². The minimum Gasteiger partial charge on any atom is -0.295 e. The van der Waals surface area contributed by atoms with Crippen LogP contribution in [0.4, 0.5) is 0 Å². The Labute approximate surface area is 85.2 Å². The molecular weight excluding hydrogens is 184 g/mol. The lowest BCUT2D eigenvalue weighted by atomic mass is 10.1. The van der Waals surface area contributed by atoms with Gasteiger partial charge in [-0.25, -0.2) is 0 Å². The van der Waals surface area contributed by atoms with Crippen molar-refractivity contribution >= 4 is 17.4 Å². The van der Waals surface area contributed by atoms with Gasteiger partial charge in [-0.15, -0.1) is 0 Å². The van der Waals surface area contributed by atoms with Crippen molar-refractivity contribution in [1.82, 2.24) is 0 Å². The standard InChI is InChI=1S/C11H17ClO/c12-10-7-5-3-1-2-4-6-8-11(13)9-10/h9H,1-8H2/b10-9+. The minimum absolute atomic E-state index is 0.201. The van der Waals surface area contributed by atoms with E-state index < -0.39 is 0 Å². The Bertz CT molecular complexity index is 196. The van der Waals surface area contributed by atoms with Gasteiger partial charge in [-0.3, -0.25) is 4.79 Å². The van der Waals surface area contributed by atoms with Crippen LogP contribution >= 0.6 is 11.6 Å². The molecule has 0 aromatic carbocycles. The van der Waals surface area contributed by atoms with Crippen LogP contribution < -0.4 is 0 Å². The first-order valence-corrected chi connectivity index (χ1v) is 5.56. The first-order chi connectivity index (χ1) is 6.29. The molecule has 1 aliphatic rings. The van der Waals surface area contributed by atoms with E-state index in [9.17, 15) is 4.79 Å². The Hall–Kier alpha value is -0.300. The number of allylic oxidation sites excluding steroid dienone is 2. The van der Waals surface area contributed by atoms with Gasteiger partial charge >= 0.3 is 0 Å². The zero-order chi connectivity index (χ0) is 9.52. The Kier molecular flexibility index (Phi) is 5.14. The molecule has 0 fully saturated rings. The monoisotopic (exact) mass is 200 g/mol. The van der Waals surface area contributed by atoms with Crippen LogP contribution in [0.25, 0.3) is 0 Å². The Morgan fingerprint density at radius 1 is 0.923 bits per heavy atom. The maximum absolute atomic E-state index is 11.3. The van der Waals surface area contributed by atoms with E-state index in [2.05, 4.69) is 0 Å². The molecule has 0 heterocycles. The van der Waals surface area contributed by atoms with E-state index in [1.54, 1.807) is 6.08 Å². The smallest absolute Gasteiger partial charge is 0.156 e. The second-order valence-corrected chi connectivity index (χ2v) is 4.16. The summed E-state index contributed by atoms with van der Waals surface area (Å²) in [4.78, 5) is 11.3. The molecule has 0 bridgehead atoms. The number of halogens is 1. The second kappa shape index (κ2) is 6.20. The predicted molar refractivity (Wildman–Crippen MR) is 55.9 cm³/mol. The largest absolute Gasteiger partial charge is 0.295 e. The molecule has 0 saturated carbocycles. The predicted octanol–water partition coefficient (Wildman–Crippen LogP) is 3.81. The van der Waals surface area contributed by atoms with Crippen molar-refractivity contribution in [3.05, 3.63) is 11.1 Å². The van der Waals surface area contributed by atoms with Crippen LogP contribution in [0.1, 0.15) is 51.4 Å². The number of carbonyl (C=O) groups excluding carboxylic acids is 1. The van der Waals surface area contributed by atoms with E-state index in [0.717, 1.165) is 24.3 Å². The molecule has 0 aromatic rings. The summed E-state index contributed by atoms with van der Waals surface area (Å²) in [5, 5.41) is 0.743. The van der Waals surface area contributed by atoms with Crippen molar-refractivity contribution in [3.8, 4) is 0 Å². The fraction of sp³-hybridized carbons (Fsp3) is 0.727. The van der Waals surface area contributed by atoms with Crippen molar-refractivity contribution in [3.63, 3.8) is 0 Å². The SMILES string of the molecule is O=C1/C=C(/Cl)CCCCCCCC1. The normalized spacial score (nSPS) is 25.9. The van der Waals surface area contributed by atoms with Gasteiger partial charge in [-0.05, 0) is 25.3 Å². The molecule has 0 aromatic heterocycles. The number of carbonyl (C=O) groups is 1. The van der Waals surface area contributed by atoms with Crippen molar-refractivity contribution < 1.29 is 4.79 Å². The fourth-order valence-electron chi connectivity index (χ4n) is 1.62. The van der Waals surface area contributed by atoms with Crippen LogP contribution in [0.5, 0.6) is 0 Å². The second-order valence-electron chi connectivity index (χ2n) is 3.68. The molecule has 0 saturated heterocycles. The van der Waals surface area contributed by atoms with Crippen LogP contribution in [-0.4, -0.2) is 5.78 Å². The van der Waals surface area contributed by atoms with Gasteiger partial charge < -0.3 is 0 Å². The summed E-state index contributed by atoms with van der Waals surface area (Å²) < 4.78 is 0. The summed E-state index contributed by atoms with van der Waals surface area (Å²) in [7, 11) is 0. The van der Waals surface area contributed by atoms with Gasteiger partial charge in [-0.2, -0.15) is 0 Å². The minimum atomic E-state index is 0.201. The van der Waals surface area contributed by atoms with E-state index in [-0.39, 0.29) is 5.78 Å². The van der Waals surface area contributed by atoms with Crippen molar-refractivity contribution in [2.75, 3.05) is 0 Å². The highest BCUT2D eigenvalue weighted by atomic mass is 35.5. The maximum Gasteiger partial charge on any atom is 0.156 e. The summed E-state index contributed by atoms with van der Waals surface area (Å²) in [6, 6.07) is 0. The first-order valence-electron chi connectivity index (χ1n) is 5.18. The summed E-state index contributed by atoms with van der Waals surface area (Å²) in [6.07, 6.45) is 10.3. The van der Waals surface area contributed by atoms with Gasteiger partial charge in [0.2, 0.25) is 0 Å². The van der Waals surface area contributed by atoms with Gasteiger partial charge in [0.1, 0.15) is 0 Å². The van der Waals surface area contributed by atoms with Crippen LogP contribution in [0.15, 0.2) is 11.1 Å². The molecular formula is C11H17ClO. The quantitative estimate of drug-likeness (QED) is 0.581. The molecule has 0 radical (unpaired) electrons. The summed E-state index contributed by atoms with van der Waals surface area (Å²) >= 11 is 5.91. The number of hydrogen-bond acceptors (Lipinski definition) is 1. The molecule has 0 aliphatic heterocycles. The molecule has 1 aliphatic carbocycles. The van der Waals surface area contributed by atoms with Gasteiger partial charge in [0.05, 0.1) is 0 Å². The molecule has 0 amide bonds. The van der Waals surface area contributed by atoms with Gasteiger partial charge in [0.25, 0.3) is 0 Å². The van der Waals surface area contributed by atoms with Crippen molar-refractivity contribution in [2.45, 2.75) is 51.4 Å². The average molecular weight is 201 g/mol. The van der Waals surface area contributed by atoms with Crippen LogP contribution in [-0.2, 0) is 4.79 Å². The lowest BCUT2D eigenvalue weighted by Gasteiger charge is -1.98. The molecule has 0 unspecified atom stereocenters. The van der Waals surface area contributed by atoms with Gasteiger partial charge in [0.15, 0.2) is 5.78 Å². The highest BCUT2D eigenvalue weighted by molar-refractivity contribution is 6.31. The topological polar surface area (TPSA) is 17.1 Å². The molecule has 0 atom stereocenters. The summed E-state index contributed by atoms with van der Waals surface area (Å²) in [5.74, 6) is 0.201. The molecule has 0 N–H and O–H groups in total. The van der Waals surface area contributed by atoms with E-state index in [1.165, 1.54) is 25.7 Å². The van der Waals surface area contributed by atoms with Gasteiger partial charge in [0, 0.05) is 11.5 Å². The van der Waals surface area contributed by atoms with E-state index in [4.69, 9.17) is 11.6 Å². The molecule has 1 rings (SSSR count). The molecule has 0 spiro atoms. The lowest BCUT2D eigenvalue weighted by molar-refractivity contribution is -0.114. The third-order valence-electron chi connectivity index (χ3n) is 2.41. The van der Waals surface area contributed by atoms with Crippen molar-refractivity contribution in [1.29, 1.82) is 0 Å². The number of ketones is 1. The number of hydrogen-bond donors (Lipinski definition) is 0. The Morgan fingerprint density at radius 3 is 2.15 bits per heavy atom. The van der Waals surface area contributed by atoms with Crippen LogP contribution in [0.3, 0.4) is 0 Å². The lowest BCUT2D eigenvalue weighted by Crippen LogP contribution is -1.92. The van der Waals surface area contributed by atoms with E-state index >= 15 is 0 Å². The van der Waals surface area contributed by atoms with Crippen LogP contribution in [0.2, 0.25) is 0 Å². The van der Waals surface area contributed by atoms with Gasteiger partial charge in [-0.1, -0.05) is 37.3 Å².